The zero-order chi connectivity index (χ0) is 25.6. The number of rotatable bonds is 9. The minimum absolute atomic E-state index is 0.773. The molecular weight excluding hydrogens is 572 g/mol. The van der Waals surface area contributed by atoms with Crippen molar-refractivity contribution in [1.82, 2.24) is 0 Å². The van der Waals surface area contributed by atoms with Crippen LogP contribution >= 0.6 is 0 Å². The molecule has 4 aromatic rings. The van der Waals surface area contributed by atoms with E-state index in [1.165, 1.54) is 3.61 Å². The summed E-state index contributed by atoms with van der Waals surface area (Å²) in [5.41, 5.74) is 3.59. The molecule has 0 aliphatic heterocycles. The summed E-state index contributed by atoms with van der Waals surface area (Å²) >= 11 is -0.884. The number of anilines is 1. The SMILES string of the molecule is CN(C)c1ccc(C(O[Si](C)(C)C)(C(=Nc2ccccc2)[Te]c2ccccc2)c2ccccc2)cc1. The molecule has 0 aliphatic carbocycles. The Hall–Kier alpha value is -2.68. The number of benzene rings is 4. The molecule has 0 saturated carbocycles. The zero-order valence-electron chi connectivity index (χ0n) is 21.7. The van der Waals surface area contributed by atoms with Gasteiger partial charge in [0.2, 0.25) is 0 Å². The summed E-state index contributed by atoms with van der Waals surface area (Å²) < 4.78 is 9.77. The third-order valence-corrected chi connectivity index (χ3v) is 9.68. The Kier molecular flexibility index (Phi) is 8.49. The van der Waals surface area contributed by atoms with Crippen LogP contribution in [-0.2, 0) is 10.0 Å². The first-order valence-electron chi connectivity index (χ1n) is 12.2. The van der Waals surface area contributed by atoms with Crippen molar-refractivity contribution in [3.8, 4) is 0 Å². The Balaban J connectivity index is 2.04. The van der Waals surface area contributed by atoms with E-state index in [-0.39, 0.29) is 0 Å². The molecule has 5 heteroatoms. The first-order valence-corrected chi connectivity index (χ1v) is 17.9. The van der Waals surface area contributed by atoms with E-state index in [1.54, 1.807) is 0 Å². The van der Waals surface area contributed by atoms with E-state index in [0.717, 1.165) is 26.3 Å². The fourth-order valence-electron chi connectivity index (χ4n) is 4.09. The van der Waals surface area contributed by atoms with E-state index >= 15 is 0 Å². The predicted molar refractivity (Wildman–Crippen MR) is 158 cm³/mol. The Morgan fingerprint density at radius 2 is 1.19 bits per heavy atom. The summed E-state index contributed by atoms with van der Waals surface area (Å²) in [5.74, 6) is 0. The number of aliphatic imine (C=N–C) groups is 1. The molecule has 0 N–H and O–H groups in total. The van der Waals surface area contributed by atoms with Gasteiger partial charge in [0.25, 0.3) is 0 Å². The van der Waals surface area contributed by atoms with Gasteiger partial charge < -0.3 is 0 Å². The molecule has 0 spiro atoms. The topological polar surface area (TPSA) is 24.8 Å². The fraction of sp³-hybridized carbons (Fsp3) is 0.194. The third-order valence-electron chi connectivity index (χ3n) is 5.68. The van der Waals surface area contributed by atoms with Gasteiger partial charge in [-0.25, -0.2) is 0 Å². The normalized spacial score (nSPS) is 13.8. The molecule has 0 aliphatic rings. The molecule has 4 aromatic carbocycles. The van der Waals surface area contributed by atoms with Gasteiger partial charge in [0, 0.05) is 0 Å². The van der Waals surface area contributed by atoms with Gasteiger partial charge >= 0.3 is 228 Å². The molecule has 0 heterocycles. The van der Waals surface area contributed by atoms with Gasteiger partial charge in [0.15, 0.2) is 0 Å². The molecule has 0 fully saturated rings. The van der Waals surface area contributed by atoms with E-state index in [2.05, 4.69) is 148 Å². The molecule has 0 saturated heterocycles. The number of para-hydroxylation sites is 1. The van der Waals surface area contributed by atoms with E-state index in [4.69, 9.17) is 9.42 Å². The first-order chi connectivity index (χ1) is 17.3. The fourth-order valence-corrected chi connectivity index (χ4v) is 8.68. The van der Waals surface area contributed by atoms with Gasteiger partial charge in [-0.05, 0) is 0 Å². The molecule has 36 heavy (non-hydrogen) atoms. The van der Waals surface area contributed by atoms with Crippen LogP contribution in [0.5, 0.6) is 0 Å². The van der Waals surface area contributed by atoms with E-state index in [0.29, 0.717) is 0 Å². The minimum atomic E-state index is -2.06. The van der Waals surface area contributed by atoms with Crippen molar-refractivity contribution >= 4 is 48.0 Å². The molecule has 4 rings (SSSR count). The molecule has 1 unspecified atom stereocenters. The average Bonchev–Trinajstić information content (AvgIpc) is 2.88. The van der Waals surface area contributed by atoms with Gasteiger partial charge in [0.05, 0.1) is 0 Å². The second-order valence-electron chi connectivity index (χ2n) is 9.87. The van der Waals surface area contributed by atoms with Gasteiger partial charge in [-0.3, -0.25) is 0 Å². The molecule has 3 nitrogen and oxygen atoms in total. The van der Waals surface area contributed by atoms with Gasteiger partial charge in [-0.2, -0.15) is 0 Å². The predicted octanol–water partition coefficient (Wildman–Crippen LogP) is 6.61. The standard InChI is InChI=1S/C31H34N2OSiTe/c1-33(2)28-23-21-26(22-24-28)31(34-35(3,4)5,25-15-9-6-10-16-25)30(32-27-17-11-7-12-18-27)36-29-19-13-8-14-20-29/h6-24H,1-5H3. The second-order valence-corrected chi connectivity index (χ2v) is 17.3. The summed E-state index contributed by atoms with van der Waals surface area (Å²) in [7, 11) is 2.08. The van der Waals surface area contributed by atoms with Crippen LogP contribution in [0.15, 0.2) is 120 Å². The van der Waals surface area contributed by atoms with Crippen LogP contribution in [0, 0.1) is 0 Å². The van der Waals surface area contributed by atoms with Crippen molar-refractivity contribution in [3.05, 3.63) is 126 Å². The summed E-state index contributed by atoms with van der Waals surface area (Å²) in [5, 5.41) is 0. The molecule has 0 aromatic heterocycles. The van der Waals surface area contributed by atoms with Crippen molar-refractivity contribution in [3.63, 3.8) is 0 Å². The zero-order valence-corrected chi connectivity index (χ0v) is 25.0. The van der Waals surface area contributed by atoms with E-state index in [9.17, 15) is 0 Å². The van der Waals surface area contributed by atoms with Crippen LogP contribution in [-0.4, -0.2) is 47.1 Å². The van der Waals surface area contributed by atoms with Gasteiger partial charge in [-0.15, -0.1) is 0 Å². The van der Waals surface area contributed by atoms with Crippen LogP contribution < -0.4 is 8.51 Å². The Morgan fingerprint density at radius 1 is 0.694 bits per heavy atom. The summed E-state index contributed by atoms with van der Waals surface area (Å²) in [4.78, 5) is 7.51. The third kappa shape index (κ3) is 6.35. The molecule has 0 amide bonds. The van der Waals surface area contributed by atoms with Crippen molar-refractivity contribution in [2.45, 2.75) is 25.2 Å². The Bertz CT molecular complexity index is 1270. The van der Waals surface area contributed by atoms with Crippen LogP contribution in [0.4, 0.5) is 11.4 Å². The maximum atomic E-state index is 7.33. The van der Waals surface area contributed by atoms with Crippen LogP contribution in [0.25, 0.3) is 0 Å². The monoisotopic (exact) mass is 608 g/mol. The Labute approximate surface area is 227 Å². The van der Waals surface area contributed by atoms with Gasteiger partial charge in [-0.1, -0.05) is 0 Å². The average molecular weight is 606 g/mol. The van der Waals surface area contributed by atoms with Crippen LogP contribution in [0.1, 0.15) is 11.1 Å². The van der Waals surface area contributed by atoms with Crippen molar-refractivity contribution in [1.29, 1.82) is 0 Å². The molecule has 184 valence electrons. The summed E-state index contributed by atoms with van der Waals surface area (Å²) in [6.07, 6.45) is 0. The Morgan fingerprint density at radius 3 is 1.72 bits per heavy atom. The van der Waals surface area contributed by atoms with Crippen LogP contribution in [0.2, 0.25) is 19.6 Å². The van der Waals surface area contributed by atoms with E-state index in [1.807, 2.05) is 6.07 Å². The number of nitrogens with zero attached hydrogens (tertiary/aromatic N) is 2. The second kappa shape index (κ2) is 11.6. The molecule has 0 radical (unpaired) electrons. The van der Waals surface area contributed by atoms with E-state index < -0.39 is 34.8 Å². The summed E-state index contributed by atoms with van der Waals surface area (Å²) in [6, 6.07) is 40.5. The molecule has 1 atom stereocenters. The van der Waals surface area contributed by atoms with Crippen molar-refractivity contribution < 1.29 is 4.43 Å². The van der Waals surface area contributed by atoms with Crippen molar-refractivity contribution in [2.75, 3.05) is 19.0 Å². The van der Waals surface area contributed by atoms with Crippen molar-refractivity contribution in [2.24, 2.45) is 4.99 Å². The first kappa shape index (κ1) is 26.4. The maximum absolute atomic E-state index is 7.33. The van der Waals surface area contributed by atoms with Gasteiger partial charge in [0.1, 0.15) is 0 Å². The molecule has 0 bridgehead atoms. The quantitative estimate of drug-likeness (QED) is 0.158. The van der Waals surface area contributed by atoms with Crippen LogP contribution in [0.3, 0.4) is 0 Å². The number of hydrogen-bond acceptors (Lipinski definition) is 3. The molecular formula is C31H34N2OSiTe. The summed E-state index contributed by atoms with van der Waals surface area (Å²) in [6.45, 7) is 6.80. The number of hydrogen-bond donors (Lipinski definition) is 0.